The minimum atomic E-state index is -0.163. The molecule has 7 nitrogen and oxygen atoms in total. The highest BCUT2D eigenvalue weighted by Crippen LogP contribution is 2.22. The second-order valence-electron chi connectivity index (χ2n) is 7.37. The van der Waals surface area contributed by atoms with Crippen LogP contribution in [0.3, 0.4) is 0 Å². The van der Waals surface area contributed by atoms with E-state index in [0.717, 1.165) is 71.9 Å². The molecule has 2 amide bonds. The highest BCUT2D eigenvalue weighted by molar-refractivity contribution is 5.89. The summed E-state index contributed by atoms with van der Waals surface area (Å²) in [5, 5.41) is 3.34. The Morgan fingerprint density at radius 3 is 2.63 bits per heavy atom. The van der Waals surface area contributed by atoms with Gasteiger partial charge in [0.2, 0.25) is 11.8 Å². The van der Waals surface area contributed by atoms with Gasteiger partial charge in [-0.3, -0.25) is 14.5 Å². The van der Waals surface area contributed by atoms with Crippen LogP contribution in [-0.4, -0.2) is 98.1 Å². The third-order valence-electron chi connectivity index (χ3n) is 5.58. The summed E-state index contributed by atoms with van der Waals surface area (Å²) in [7, 11) is 0. The lowest BCUT2D eigenvalue weighted by molar-refractivity contribution is -0.137. The first kappa shape index (κ1) is 24.4. The van der Waals surface area contributed by atoms with E-state index in [-0.39, 0.29) is 42.5 Å². The second kappa shape index (κ2) is 12.1. The average Bonchev–Trinajstić information content (AvgIpc) is 3.28. The number of amides is 2. The Morgan fingerprint density at radius 1 is 1.26 bits per heavy atom. The van der Waals surface area contributed by atoms with Gasteiger partial charge in [-0.25, -0.2) is 0 Å². The number of morpholine rings is 1. The molecule has 0 aromatic carbocycles. The summed E-state index contributed by atoms with van der Waals surface area (Å²) in [6, 6.07) is 0.296. The van der Waals surface area contributed by atoms with Crippen LogP contribution in [-0.2, 0) is 14.3 Å². The SMILES string of the molecule is CCCN(C(=O)C1CC(=O)N(CCN2CCOCC2)C1)C1CCNC1.Cl.Cl. The fraction of sp³-hybridized carbons (Fsp3) is 0.889. The number of hydrogen-bond donors (Lipinski definition) is 1. The first-order chi connectivity index (χ1) is 12.2. The molecular formula is C18H34Cl2N4O3. The zero-order chi connectivity index (χ0) is 17.6. The van der Waals surface area contributed by atoms with E-state index in [9.17, 15) is 9.59 Å². The van der Waals surface area contributed by atoms with E-state index >= 15 is 0 Å². The Balaban J connectivity index is 0.00000182. The number of rotatable bonds is 7. The Kier molecular flexibility index (Phi) is 10.9. The summed E-state index contributed by atoms with van der Waals surface area (Å²) >= 11 is 0. The minimum absolute atomic E-state index is 0. The van der Waals surface area contributed by atoms with Crippen LogP contribution in [0, 0.1) is 5.92 Å². The standard InChI is InChI=1S/C18H32N4O3.2ClH/c1-2-5-22(16-3-4-19-13-16)18(24)15-12-17(23)21(14-15)7-6-20-8-10-25-11-9-20;;/h15-16,19H,2-14H2,1H3;2*1H. The molecule has 3 fully saturated rings. The zero-order valence-electron chi connectivity index (χ0n) is 16.2. The van der Waals surface area contributed by atoms with Crippen LogP contribution in [0.15, 0.2) is 0 Å². The van der Waals surface area contributed by atoms with Gasteiger partial charge >= 0.3 is 0 Å². The molecule has 2 atom stereocenters. The number of nitrogens with zero attached hydrogens (tertiary/aromatic N) is 3. The summed E-state index contributed by atoms with van der Waals surface area (Å²) in [6.45, 7) is 10.4. The van der Waals surface area contributed by atoms with Crippen LogP contribution < -0.4 is 5.32 Å². The van der Waals surface area contributed by atoms with Crippen LogP contribution in [0.4, 0.5) is 0 Å². The van der Waals surface area contributed by atoms with Crippen molar-refractivity contribution in [2.75, 3.05) is 65.6 Å². The highest BCUT2D eigenvalue weighted by atomic mass is 35.5. The lowest BCUT2D eigenvalue weighted by Gasteiger charge is -2.31. The molecule has 0 aliphatic carbocycles. The largest absolute Gasteiger partial charge is 0.379 e. The normalized spacial score (nSPS) is 25.8. The molecule has 0 bridgehead atoms. The van der Waals surface area contributed by atoms with Gasteiger partial charge in [-0.1, -0.05) is 6.92 Å². The summed E-state index contributed by atoms with van der Waals surface area (Å²) < 4.78 is 5.36. The van der Waals surface area contributed by atoms with Crippen molar-refractivity contribution in [3.8, 4) is 0 Å². The molecular weight excluding hydrogens is 391 g/mol. The van der Waals surface area contributed by atoms with Crippen molar-refractivity contribution in [3.63, 3.8) is 0 Å². The van der Waals surface area contributed by atoms with E-state index in [4.69, 9.17) is 4.74 Å². The quantitative estimate of drug-likeness (QED) is 0.648. The maximum Gasteiger partial charge on any atom is 0.228 e. The lowest BCUT2D eigenvalue weighted by atomic mass is 10.0. The van der Waals surface area contributed by atoms with Gasteiger partial charge in [-0.05, 0) is 19.4 Å². The Morgan fingerprint density at radius 2 is 2.00 bits per heavy atom. The molecule has 0 aromatic rings. The van der Waals surface area contributed by atoms with Gasteiger partial charge < -0.3 is 19.9 Å². The number of halogens is 2. The van der Waals surface area contributed by atoms with Crippen molar-refractivity contribution < 1.29 is 14.3 Å². The number of likely N-dealkylation sites (tertiary alicyclic amines) is 1. The number of ether oxygens (including phenoxy) is 1. The second-order valence-corrected chi connectivity index (χ2v) is 7.37. The molecule has 3 aliphatic heterocycles. The van der Waals surface area contributed by atoms with Crippen LogP contribution in [0.1, 0.15) is 26.2 Å². The molecule has 9 heteroatoms. The van der Waals surface area contributed by atoms with Gasteiger partial charge in [0.15, 0.2) is 0 Å². The van der Waals surface area contributed by atoms with Crippen LogP contribution in [0.5, 0.6) is 0 Å². The molecule has 0 aromatic heterocycles. The van der Waals surface area contributed by atoms with Gasteiger partial charge in [-0.15, -0.1) is 24.8 Å². The third-order valence-corrected chi connectivity index (χ3v) is 5.58. The molecule has 0 radical (unpaired) electrons. The fourth-order valence-corrected chi connectivity index (χ4v) is 4.09. The topological polar surface area (TPSA) is 65.1 Å². The molecule has 3 aliphatic rings. The number of carbonyl (C=O) groups is 2. The molecule has 1 N–H and O–H groups in total. The minimum Gasteiger partial charge on any atom is -0.379 e. The van der Waals surface area contributed by atoms with E-state index in [1.54, 1.807) is 0 Å². The monoisotopic (exact) mass is 424 g/mol. The highest BCUT2D eigenvalue weighted by Gasteiger charge is 2.38. The smallest absolute Gasteiger partial charge is 0.228 e. The molecule has 3 saturated heterocycles. The van der Waals surface area contributed by atoms with Gasteiger partial charge in [0.1, 0.15) is 0 Å². The molecule has 3 heterocycles. The fourth-order valence-electron chi connectivity index (χ4n) is 4.09. The van der Waals surface area contributed by atoms with E-state index < -0.39 is 0 Å². The van der Waals surface area contributed by atoms with Crippen molar-refractivity contribution in [1.82, 2.24) is 20.0 Å². The molecule has 27 heavy (non-hydrogen) atoms. The van der Waals surface area contributed by atoms with Gasteiger partial charge in [0, 0.05) is 58.3 Å². The van der Waals surface area contributed by atoms with Gasteiger partial charge in [0.25, 0.3) is 0 Å². The zero-order valence-corrected chi connectivity index (χ0v) is 17.9. The van der Waals surface area contributed by atoms with E-state index in [2.05, 4.69) is 17.1 Å². The molecule has 158 valence electrons. The average molecular weight is 425 g/mol. The first-order valence-corrected chi connectivity index (χ1v) is 9.78. The van der Waals surface area contributed by atoms with Gasteiger partial charge in [-0.2, -0.15) is 0 Å². The maximum atomic E-state index is 13.0. The summed E-state index contributed by atoms with van der Waals surface area (Å²) in [5.41, 5.74) is 0. The summed E-state index contributed by atoms with van der Waals surface area (Å²) in [5.74, 6) is 0.148. The first-order valence-electron chi connectivity index (χ1n) is 9.78. The van der Waals surface area contributed by atoms with Crippen LogP contribution >= 0.6 is 24.8 Å². The van der Waals surface area contributed by atoms with E-state index in [0.29, 0.717) is 19.0 Å². The molecule has 0 saturated carbocycles. The summed E-state index contributed by atoms with van der Waals surface area (Å²) in [6.07, 6.45) is 2.36. The maximum absolute atomic E-state index is 13.0. The number of hydrogen-bond acceptors (Lipinski definition) is 5. The van der Waals surface area contributed by atoms with E-state index in [1.165, 1.54) is 0 Å². The Hall–Kier alpha value is -0.600. The van der Waals surface area contributed by atoms with Crippen LogP contribution in [0.25, 0.3) is 0 Å². The van der Waals surface area contributed by atoms with Crippen molar-refractivity contribution in [1.29, 1.82) is 0 Å². The van der Waals surface area contributed by atoms with Crippen molar-refractivity contribution in [2.24, 2.45) is 5.92 Å². The lowest BCUT2D eigenvalue weighted by Crippen LogP contribution is -2.46. The Labute approximate surface area is 174 Å². The predicted octanol–water partition coefficient (Wildman–Crippen LogP) is 0.611. The van der Waals surface area contributed by atoms with E-state index in [1.807, 2.05) is 9.80 Å². The van der Waals surface area contributed by atoms with Crippen molar-refractivity contribution in [3.05, 3.63) is 0 Å². The predicted molar refractivity (Wildman–Crippen MR) is 110 cm³/mol. The van der Waals surface area contributed by atoms with Crippen molar-refractivity contribution in [2.45, 2.75) is 32.2 Å². The molecule has 2 unspecified atom stereocenters. The third kappa shape index (κ3) is 6.46. The van der Waals surface area contributed by atoms with Crippen molar-refractivity contribution >= 4 is 36.6 Å². The number of carbonyl (C=O) groups excluding carboxylic acids is 2. The molecule has 3 rings (SSSR count). The molecule has 0 spiro atoms. The number of nitrogens with one attached hydrogen (secondary N) is 1. The summed E-state index contributed by atoms with van der Waals surface area (Å²) in [4.78, 5) is 31.6. The Bertz CT molecular complexity index is 472. The van der Waals surface area contributed by atoms with Gasteiger partial charge in [0.05, 0.1) is 19.1 Å². The van der Waals surface area contributed by atoms with Crippen LogP contribution in [0.2, 0.25) is 0 Å².